The Balaban J connectivity index is 1.96. The molecule has 1 N–H and O–H groups in total. The van der Waals surface area contributed by atoms with Crippen molar-refractivity contribution in [2.75, 3.05) is 19.8 Å². The maximum absolute atomic E-state index is 5.48. The number of pyridine rings is 1. The van der Waals surface area contributed by atoms with Gasteiger partial charge in [-0.05, 0) is 57.2 Å². The van der Waals surface area contributed by atoms with E-state index in [0.29, 0.717) is 12.0 Å². The van der Waals surface area contributed by atoms with Gasteiger partial charge in [-0.1, -0.05) is 13.0 Å². The second kappa shape index (κ2) is 8.38. The van der Waals surface area contributed by atoms with E-state index in [1.165, 1.54) is 36.9 Å². The Labute approximate surface area is 123 Å². The van der Waals surface area contributed by atoms with E-state index in [4.69, 9.17) is 4.74 Å². The normalized spacial score (nSPS) is 19.0. The second-order valence-electron chi connectivity index (χ2n) is 5.59. The monoisotopic (exact) mass is 276 g/mol. The molecular formula is C17H28N2O. The van der Waals surface area contributed by atoms with E-state index in [1.54, 1.807) is 0 Å². The predicted octanol–water partition coefficient (Wildman–Crippen LogP) is 3.30. The Kier molecular flexibility index (Phi) is 6.48. The summed E-state index contributed by atoms with van der Waals surface area (Å²) in [5.74, 6) is 0.583. The fourth-order valence-corrected chi connectivity index (χ4v) is 3.16. The largest absolute Gasteiger partial charge is 0.382 e. The molecule has 0 fully saturated rings. The van der Waals surface area contributed by atoms with Crippen LogP contribution in [0.4, 0.5) is 0 Å². The summed E-state index contributed by atoms with van der Waals surface area (Å²) in [5, 5.41) is 3.73. The molecule has 2 unspecified atom stereocenters. The van der Waals surface area contributed by atoms with Gasteiger partial charge >= 0.3 is 0 Å². The highest BCUT2D eigenvalue weighted by Gasteiger charge is 2.30. The third kappa shape index (κ3) is 4.03. The maximum atomic E-state index is 5.48. The Morgan fingerprint density at radius 3 is 3.15 bits per heavy atom. The lowest BCUT2D eigenvalue weighted by molar-refractivity contribution is 0.139. The van der Waals surface area contributed by atoms with Crippen molar-refractivity contribution in [3.05, 3.63) is 29.6 Å². The average Bonchev–Trinajstić information content (AvgIpc) is 2.91. The number of ether oxygens (including phenoxy) is 1. The smallest absolute Gasteiger partial charge is 0.0482 e. The van der Waals surface area contributed by atoms with Gasteiger partial charge in [-0.2, -0.15) is 0 Å². The van der Waals surface area contributed by atoms with E-state index in [-0.39, 0.29) is 0 Å². The van der Waals surface area contributed by atoms with Gasteiger partial charge in [0.2, 0.25) is 0 Å². The molecule has 0 spiro atoms. The fraction of sp³-hybridized carbons (Fsp3) is 0.706. The Bertz CT molecular complexity index is 394. The zero-order chi connectivity index (χ0) is 14.2. The summed E-state index contributed by atoms with van der Waals surface area (Å²) in [6.45, 7) is 7.08. The topological polar surface area (TPSA) is 34.1 Å². The van der Waals surface area contributed by atoms with Crippen LogP contribution in [0.15, 0.2) is 18.3 Å². The summed E-state index contributed by atoms with van der Waals surface area (Å²) in [7, 11) is 0. The molecule has 0 saturated heterocycles. The Morgan fingerprint density at radius 2 is 2.35 bits per heavy atom. The van der Waals surface area contributed by atoms with Crippen LogP contribution in [0.1, 0.15) is 56.7 Å². The van der Waals surface area contributed by atoms with E-state index in [0.717, 1.165) is 26.2 Å². The van der Waals surface area contributed by atoms with Gasteiger partial charge in [0.1, 0.15) is 0 Å². The first-order valence-corrected chi connectivity index (χ1v) is 8.11. The van der Waals surface area contributed by atoms with Gasteiger partial charge in [0, 0.05) is 37.1 Å². The SMILES string of the molecule is CCCNC(CCCOCC)C1CCc2cccnc21. The van der Waals surface area contributed by atoms with Gasteiger partial charge in [0.05, 0.1) is 0 Å². The van der Waals surface area contributed by atoms with Crippen LogP contribution in [0.25, 0.3) is 0 Å². The highest BCUT2D eigenvalue weighted by atomic mass is 16.5. The minimum atomic E-state index is 0.548. The first-order valence-electron chi connectivity index (χ1n) is 8.11. The number of aryl methyl sites for hydroxylation is 1. The molecule has 0 aliphatic heterocycles. The number of hydrogen-bond acceptors (Lipinski definition) is 3. The first-order chi connectivity index (χ1) is 9.86. The van der Waals surface area contributed by atoms with Crippen molar-refractivity contribution >= 4 is 0 Å². The van der Waals surface area contributed by atoms with E-state index in [1.807, 2.05) is 6.20 Å². The van der Waals surface area contributed by atoms with Crippen LogP contribution >= 0.6 is 0 Å². The molecule has 1 aliphatic carbocycles. The number of fused-ring (bicyclic) bond motifs is 1. The average molecular weight is 276 g/mol. The van der Waals surface area contributed by atoms with Crippen molar-refractivity contribution in [3.8, 4) is 0 Å². The van der Waals surface area contributed by atoms with Crippen molar-refractivity contribution in [3.63, 3.8) is 0 Å². The maximum Gasteiger partial charge on any atom is 0.0482 e. The third-order valence-corrected chi connectivity index (χ3v) is 4.15. The third-order valence-electron chi connectivity index (χ3n) is 4.15. The van der Waals surface area contributed by atoms with Crippen LogP contribution < -0.4 is 5.32 Å². The van der Waals surface area contributed by atoms with Gasteiger partial charge in [0.15, 0.2) is 0 Å². The molecule has 2 rings (SSSR count). The van der Waals surface area contributed by atoms with Crippen molar-refractivity contribution < 1.29 is 4.74 Å². The van der Waals surface area contributed by atoms with Crippen molar-refractivity contribution in [2.45, 2.75) is 57.9 Å². The highest BCUT2D eigenvalue weighted by Crippen LogP contribution is 2.35. The molecule has 0 amide bonds. The summed E-state index contributed by atoms with van der Waals surface area (Å²) in [5.41, 5.74) is 2.78. The Morgan fingerprint density at radius 1 is 1.45 bits per heavy atom. The molecule has 0 aromatic carbocycles. The zero-order valence-corrected chi connectivity index (χ0v) is 12.9. The van der Waals surface area contributed by atoms with Crippen LogP contribution in [0, 0.1) is 0 Å². The lowest BCUT2D eigenvalue weighted by Crippen LogP contribution is -2.35. The van der Waals surface area contributed by atoms with E-state index in [9.17, 15) is 0 Å². The van der Waals surface area contributed by atoms with Crippen molar-refractivity contribution in [1.29, 1.82) is 0 Å². The molecule has 112 valence electrons. The number of aromatic nitrogens is 1. The molecule has 1 aliphatic rings. The van der Waals surface area contributed by atoms with Crippen LogP contribution in [0.3, 0.4) is 0 Å². The van der Waals surface area contributed by atoms with Gasteiger partial charge in [0.25, 0.3) is 0 Å². The summed E-state index contributed by atoms with van der Waals surface area (Å²) in [4.78, 5) is 4.64. The van der Waals surface area contributed by atoms with Crippen LogP contribution in [-0.4, -0.2) is 30.8 Å². The van der Waals surface area contributed by atoms with Crippen LogP contribution in [0.2, 0.25) is 0 Å². The highest BCUT2D eigenvalue weighted by molar-refractivity contribution is 5.29. The fourth-order valence-electron chi connectivity index (χ4n) is 3.16. The summed E-state index contributed by atoms with van der Waals surface area (Å²) in [6, 6.07) is 4.84. The number of nitrogens with one attached hydrogen (secondary N) is 1. The standard InChI is InChI=1S/C17H28N2O/c1-3-11-18-16(8-6-13-20-4-2)15-10-9-14-7-5-12-19-17(14)15/h5,7,12,15-16,18H,3-4,6,8-11,13H2,1-2H3. The molecule has 0 bridgehead atoms. The second-order valence-corrected chi connectivity index (χ2v) is 5.59. The van der Waals surface area contributed by atoms with Gasteiger partial charge < -0.3 is 10.1 Å². The minimum Gasteiger partial charge on any atom is -0.382 e. The lowest BCUT2D eigenvalue weighted by Gasteiger charge is -2.25. The zero-order valence-electron chi connectivity index (χ0n) is 12.9. The lowest BCUT2D eigenvalue weighted by atomic mass is 9.93. The molecular weight excluding hydrogens is 248 g/mol. The van der Waals surface area contributed by atoms with E-state index >= 15 is 0 Å². The van der Waals surface area contributed by atoms with E-state index in [2.05, 4.69) is 36.3 Å². The number of rotatable bonds is 9. The van der Waals surface area contributed by atoms with Crippen LogP contribution in [-0.2, 0) is 11.2 Å². The molecule has 1 aromatic rings. The van der Waals surface area contributed by atoms with Crippen molar-refractivity contribution in [1.82, 2.24) is 10.3 Å². The molecule has 2 atom stereocenters. The predicted molar refractivity (Wildman–Crippen MR) is 83.1 cm³/mol. The Hall–Kier alpha value is -0.930. The molecule has 1 heterocycles. The molecule has 20 heavy (non-hydrogen) atoms. The number of hydrogen-bond donors (Lipinski definition) is 1. The summed E-state index contributed by atoms with van der Waals surface area (Å²) < 4.78 is 5.48. The van der Waals surface area contributed by atoms with E-state index < -0.39 is 0 Å². The summed E-state index contributed by atoms with van der Waals surface area (Å²) in [6.07, 6.45) is 7.86. The van der Waals surface area contributed by atoms with Crippen LogP contribution in [0.5, 0.6) is 0 Å². The number of nitrogens with zero attached hydrogens (tertiary/aromatic N) is 1. The molecule has 0 saturated carbocycles. The quantitative estimate of drug-likeness (QED) is 0.703. The first kappa shape index (κ1) is 15.5. The molecule has 3 nitrogen and oxygen atoms in total. The van der Waals surface area contributed by atoms with Gasteiger partial charge in [-0.25, -0.2) is 0 Å². The van der Waals surface area contributed by atoms with Gasteiger partial charge in [-0.3, -0.25) is 4.98 Å². The summed E-state index contributed by atoms with van der Waals surface area (Å²) >= 11 is 0. The van der Waals surface area contributed by atoms with Crippen molar-refractivity contribution in [2.24, 2.45) is 0 Å². The molecule has 1 aromatic heterocycles. The van der Waals surface area contributed by atoms with Gasteiger partial charge in [-0.15, -0.1) is 0 Å². The molecule has 0 radical (unpaired) electrons. The minimum absolute atomic E-state index is 0.548. The molecule has 3 heteroatoms.